The van der Waals surface area contributed by atoms with Crippen molar-refractivity contribution in [3.05, 3.63) is 170 Å². The maximum absolute atomic E-state index is 4.51. The molecule has 3 aromatic heterocycles. The van der Waals surface area contributed by atoms with E-state index in [0.717, 1.165) is 55.7 Å². The van der Waals surface area contributed by atoms with Gasteiger partial charge in [0.25, 0.3) is 0 Å². The van der Waals surface area contributed by atoms with E-state index in [1.807, 2.05) is 24.7 Å². The Balaban J connectivity index is 1.20. The molecule has 3 heterocycles. The highest BCUT2D eigenvalue weighted by Crippen LogP contribution is 2.39. The van der Waals surface area contributed by atoms with Crippen molar-refractivity contribution in [2.24, 2.45) is 0 Å². The lowest BCUT2D eigenvalue weighted by Gasteiger charge is -2.25. The Morgan fingerprint density at radius 3 is 1.64 bits per heavy atom. The first-order chi connectivity index (χ1) is 21.8. The van der Waals surface area contributed by atoms with Gasteiger partial charge in [-0.25, -0.2) is 0 Å². The van der Waals surface area contributed by atoms with Crippen LogP contribution in [0.3, 0.4) is 0 Å². The highest BCUT2D eigenvalue weighted by Gasteiger charge is 2.17. The van der Waals surface area contributed by atoms with E-state index < -0.39 is 0 Å². The monoisotopic (exact) mass is 564 g/mol. The molecule has 8 aromatic rings. The van der Waals surface area contributed by atoms with Crippen LogP contribution in [0.15, 0.2) is 170 Å². The predicted octanol–water partition coefficient (Wildman–Crippen LogP) is 10.4. The molecule has 208 valence electrons. The summed E-state index contributed by atoms with van der Waals surface area (Å²) in [6, 6.07) is 51.4. The Morgan fingerprint density at radius 1 is 0.409 bits per heavy atom. The molecule has 0 aliphatic rings. The third-order valence-electron chi connectivity index (χ3n) is 8.18. The minimum atomic E-state index is 1.10. The van der Waals surface area contributed by atoms with Crippen molar-refractivity contribution in [2.45, 2.75) is 0 Å². The van der Waals surface area contributed by atoms with Gasteiger partial charge in [0.15, 0.2) is 0 Å². The fourth-order valence-corrected chi connectivity index (χ4v) is 6.06. The molecule has 0 fully saturated rings. The molecule has 0 bridgehead atoms. The van der Waals surface area contributed by atoms with Crippen LogP contribution in [0.4, 0.5) is 17.1 Å². The molecule has 0 saturated heterocycles. The molecular formula is C40H28N4. The van der Waals surface area contributed by atoms with Crippen molar-refractivity contribution in [3.63, 3.8) is 0 Å². The fourth-order valence-electron chi connectivity index (χ4n) is 6.06. The van der Waals surface area contributed by atoms with Crippen LogP contribution in [-0.2, 0) is 0 Å². The lowest BCUT2D eigenvalue weighted by Crippen LogP contribution is -2.09. The Morgan fingerprint density at radius 2 is 1.00 bits per heavy atom. The van der Waals surface area contributed by atoms with E-state index in [4.69, 9.17) is 0 Å². The Labute approximate surface area is 256 Å². The number of fused-ring (bicyclic) bond motifs is 3. The normalized spacial score (nSPS) is 11.2. The summed E-state index contributed by atoms with van der Waals surface area (Å²) in [6.07, 6.45) is 7.55. The van der Waals surface area contributed by atoms with Crippen LogP contribution in [0.25, 0.3) is 49.7 Å². The maximum atomic E-state index is 4.51. The first kappa shape index (κ1) is 25.7. The number of rotatable bonds is 6. The largest absolute Gasteiger partial charge is 0.310 e. The molecular weight excluding hydrogens is 536 g/mol. The minimum Gasteiger partial charge on any atom is -0.310 e. The highest BCUT2D eigenvalue weighted by molar-refractivity contribution is 6.10. The fraction of sp³-hybridized carbons (Fsp3) is 0. The molecule has 0 spiro atoms. The summed E-state index contributed by atoms with van der Waals surface area (Å²) in [4.78, 5) is 11.1. The van der Waals surface area contributed by atoms with Crippen LogP contribution >= 0.6 is 0 Å². The van der Waals surface area contributed by atoms with Crippen LogP contribution in [0.2, 0.25) is 0 Å². The summed E-state index contributed by atoms with van der Waals surface area (Å²) in [7, 11) is 0. The van der Waals surface area contributed by atoms with E-state index in [9.17, 15) is 0 Å². The van der Waals surface area contributed by atoms with E-state index in [1.54, 1.807) is 6.20 Å². The molecule has 5 aromatic carbocycles. The predicted molar refractivity (Wildman–Crippen MR) is 182 cm³/mol. The minimum absolute atomic E-state index is 1.10. The molecule has 0 amide bonds. The molecule has 8 rings (SSSR count). The zero-order valence-corrected chi connectivity index (χ0v) is 24.0. The van der Waals surface area contributed by atoms with Crippen LogP contribution in [-0.4, -0.2) is 14.5 Å². The van der Waals surface area contributed by atoms with Crippen molar-refractivity contribution in [2.75, 3.05) is 4.90 Å². The number of hydrogen-bond donors (Lipinski definition) is 0. The standard InChI is InChI=1S/C40H28N4/c1-3-9-33(10-4-1)43(34-11-5-2-6-12-34)36-21-22-39-37(26-36)38-28-42-25-23-40(38)44(39)35-19-17-30(18-20-35)29-13-15-31(16-14-29)32-8-7-24-41-27-32/h1-28H. The van der Waals surface area contributed by atoms with Crippen LogP contribution < -0.4 is 4.90 Å². The van der Waals surface area contributed by atoms with Crippen molar-refractivity contribution in [1.29, 1.82) is 0 Å². The van der Waals surface area contributed by atoms with Crippen LogP contribution in [0.5, 0.6) is 0 Å². The van der Waals surface area contributed by atoms with Crippen molar-refractivity contribution in [3.8, 4) is 27.9 Å². The van der Waals surface area contributed by atoms with Gasteiger partial charge in [0.1, 0.15) is 0 Å². The second kappa shape index (κ2) is 11.0. The Bertz CT molecular complexity index is 2150. The highest BCUT2D eigenvalue weighted by atomic mass is 15.1. The van der Waals surface area contributed by atoms with Gasteiger partial charge >= 0.3 is 0 Å². The number of hydrogen-bond acceptors (Lipinski definition) is 3. The van der Waals surface area contributed by atoms with Gasteiger partial charge in [-0.15, -0.1) is 0 Å². The average molecular weight is 565 g/mol. The summed E-state index contributed by atoms with van der Waals surface area (Å²) in [6.45, 7) is 0. The maximum Gasteiger partial charge on any atom is 0.0571 e. The van der Waals surface area contributed by atoms with Gasteiger partial charge < -0.3 is 9.47 Å². The molecule has 0 aliphatic heterocycles. The van der Waals surface area contributed by atoms with Crippen LogP contribution in [0.1, 0.15) is 0 Å². The van der Waals surface area contributed by atoms with Gasteiger partial charge in [0, 0.05) is 58.3 Å². The molecule has 4 heteroatoms. The zero-order chi connectivity index (χ0) is 29.3. The van der Waals surface area contributed by atoms with E-state index in [1.165, 1.54) is 11.1 Å². The topological polar surface area (TPSA) is 34.0 Å². The lowest BCUT2D eigenvalue weighted by atomic mass is 10.0. The first-order valence-corrected chi connectivity index (χ1v) is 14.7. The number of benzene rings is 5. The van der Waals surface area contributed by atoms with Gasteiger partial charge in [-0.1, -0.05) is 78.9 Å². The summed E-state index contributed by atoms with van der Waals surface area (Å²) in [5.41, 5.74) is 11.4. The number of nitrogens with zero attached hydrogens (tertiary/aromatic N) is 4. The van der Waals surface area contributed by atoms with Gasteiger partial charge in [-0.2, -0.15) is 0 Å². The van der Waals surface area contributed by atoms with Gasteiger partial charge in [0.05, 0.1) is 11.0 Å². The van der Waals surface area contributed by atoms with E-state index in [2.05, 4.69) is 159 Å². The van der Waals surface area contributed by atoms with Crippen LogP contribution in [0, 0.1) is 0 Å². The number of para-hydroxylation sites is 2. The average Bonchev–Trinajstić information content (AvgIpc) is 3.44. The number of aromatic nitrogens is 3. The van der Waals surface area contributed by atoms with Gasteiger partial charge in [0.2, 0.25) is 0 Å². The molecule has 0 atom stereocenters. The third-order valence-corrected chi connectivity index (χ3v) is 8.18. The summed E-state index contributed by atoms with van der Waals surface area (Å²) in [5, 5.41) is 2.29. The molecule has 0 unspecified atom stereocenters. The molecule has 0 N–H and O–H groups in total. The molecule has 4 nitrogen and oxygen atoms in total. The van der Waals surface area contributed by atoms with E-state index in [-0.39, 0.29) is 0 Å². The van der Waals surface area contributed by atoms with E-state index >= 15 is 0 Å². The summed E-state index contributed by atoms with van der Waals surface area (Å²) < 4.78 is 2.33. The quantitative estimate of drug-likeness (QED) is 0.201. The molecule has 0 radical (unpaired) electrons. The van der Waals surface area contributed by atoms with E-state index in [0.29, 0.717) is 0 Å². The molecule has 44 heavy (non-hydrogen) atoms. The third kappa shape index (κ3) is 4.59. The number of anilines is 3. The molecule has 0 saturated carbocycles. The Hall–Kier alpha value is -6.00. The SMILES string of the molecule is c1ccc(N(c2ccccc2)c2ccc3c(c2)c2cnccc2n3-c2ccc(-c3ccc(-c4cccnc4)cc3)cc2)cc1. The zero-order valence-electron chi connectivity index (χ0n) is 24.0. The second-order valence-corrected chi connectivity index (χ2v) is 10.8. The lowest BCUT2D eigenvalue weighted by molar-refractivity contribution is 1.17. The molecule has 0 aliphatic carbocycles. The van der Waals surface area contributed by atoms with Gasteiger partial charge in [-0.3, -0.25) is 9.97 Å². The van der Waals surface area contributed by atoms with Crippen molar-refractivity contribution < 1.29 is 0 Å². The number of pyridine rings is 2. The van der Waals surface area contributed by atoms with Crippen molar-refractivity contribution >= 4 is 38.9 Å². The van der Waals surface area contributed by atoms with Crippen molar-refractivity contribution in [1.82, 2.24) is 14.5 Å². The first-order valence-electron chi connectivity index (χ1n) is 14.7. The smallest absolute Gasteiger partial charge is 0.0571 e. The summed E-state index contributed by atoms with van der Waals surface area (Å²) in [5.74, 6) is 0. The summed E-state index contributed by atoms with van der Waals surface area (Å²) >= 11 is 0. The van der Waals surface area contributed by atoms with Gasteiger partial charge in [-0.05, 0) is 89.0 Å². The second-order valence-electron chi connectivity index (χ2n) is 10.8. The Kier molecular flexibility index (Phi) is 6.43.